The Morgan fingerprint density at radius 2 is 2.00 bits per heavy atom. The summed E-state index contributed by atoms with van der Waals surface area (Å²) >= 11 is 0. The van der Waals surface area contributed by atoms with E-state index in [2.05, 4.69) is 16.0 Å². The maximum absolute atomic E-state index is 5.46. The van der Waals surface area contributed by atoms with Crippen LogP contribution in [-0.4, -0.2) is 9.97 Å². The summed E-state index contributed by atoms with van der Waals surface area (Å²) in [7, 11) is 0. The van der Waals surface area contributed by atoms with Crippen LogP contribution in [0.1, 0.15) is 5.56 Å². The van der Waals surface area contributed by atoms with Gasteiger partial charge in [0.25, 0.3) is 0 Å². The zero-order valence-corrected chi connectivity index (χ0v) is 7.94. The molecule has 2 N–H and O–H groups in total. The van der Waals surface area contributed by atoms with Gasteiger partial charge >= 0.3 is 0 Å². The number of nitrogens with two attached hydrogens (primary N) is 1. The molecule has 1 aromatic carbocycles. The maximum atomic E-state index is 5.46. The average molecular weight is 185 g/mol. The predicted molar refractivity (Wildman–Crippen MR) is 56.6 cm³/mol. The molecule has 0 bridgehead atoms. The molecule has 0 unspecified atom stereocenters. The Morgan fingerprint density at radius 3 is 2.64 bits per heavy atom. The third-order valence-corrected chi connectivity index (χ3v) is 1.99. The molecule has 0 aliphatic heterocycles. The molecule has 0 saturated heterocycles. The number of aromatic nitrogens is 2. The number of benzene rings is 1. The van der Waals surface area contributed by atoms with Gasteiger partial charge in [0.05, 0.1) is 18.1 Å². The summed E-state index contributed by atoms with van der Waals surface area (Å²) in [5, 5.41) is 0. The Kier molecular flexibility index (Phi) is 2.14. The van der Waals surface area contributed by atoms with Crippen molar-refractivity contribution in [2.45, 2.75) is 6.92 Å². The lowest BCUT2D eigenvalue weighted by atomic mass is 10.1. The Labute approximate surface area is 82.6 Å². The molecule has 0 radical (unpaired) electrons. The first kappa shape index (κ1) is 8.69. The van der Waals surface area contributed by atoms with E-state index in [-0.39, 0.29) is 0 Å². The second kappa shape index (κ2) is 3.46. The lowest BCUT2D eigenvalue weighted by Crippen LogP contribution is -1.92. The molecule has 14 heavy (non-hydrogen) atoms. The number of hydrogen-bond acceptors (Lipinski definition) is 3. The average Bonchev–Trinajstić information content (AvgIpc) is 2.19. The van der Waals surface area contributed by atoms with Gasteiger partial charge in [0.15, 0.2) is 0 Å². The first-order valence-corrected chi connectivity index (χ1v) is 4.40. The van der Waals surface area contributed by atoms with Crippen molar-refractivity contribution >= 4 is 5.82 Å². The van der Waals surface area contributed by atoms with Crippen molar-refractivity contribution in [3.63, 3.8) is 0 Å². The van der Waals surface area contributed by atoms with E-state index < -0.39 is 0 Å². The monoisotopic (exact) mass is 185 g/mol. The molecule has 0 aliphatic rings. The number of aryl methyl sites for hydroxylation is 1. The minimum Gasteiger partial charge on any atom is -0.382 e. The zero-order chi connectivity index (χ0) is 9.97. The van der Waals surface area contributed by atoms with Gasteiger partial charge < -0.3 is 5.73 Å². The number of rotatable bonds is 1. The van der Waals surface area contributed by atoms with Crippen LogP contribution < -0.4 is 5.73 Å². The minimum absolute atomic E-state index is 0.446. The third kappa shape index (κ3) is 1.71. The van der Waals surface area contributed by atoms with Crippen molar-refractivity contribution < 1.29 is 0 Å². The molecule has 0 fully saturated rings. The maximum Gasteiger partial charge on any atom is 0.141 e. The molecule has 0 spiro atoms. The van der Waals surface area contributed by atoms with Crippen LogP contribution in [0.25, 0.3) is 11.3 Å². The summed E-state index contributed by atoms with van der Waals surface area (Å²) in [6, 6.07) is 8.13. The lowest BCUT2D eigenvalue weighted by Gasteiger charge is -2.01. The lowest BCUT2D eigenvalue weighted by molar-refractivity contribution is 1.21. The zero-order valence-electron chi connectivity index (χ0n) is 7.94. The fourth-order valence-electron chi connectivity index (χ4n) is 1.29. The van der Waals surface area contributed by atoms with E-state index in [1.54, 1.807) is 12.4 Å². The van der Waals surface area contributed by atoms with Crippen molar-refractivity contribution in [1.82, 2.24) is 9.97 Å². The minimum atomic E-state index is 0.446. The van der Waals surface area contributed by atoms with Gasteiger partial charge in [0, 0.05) is 5.56 Å². The second-order valence-corrected chi connectivity index (χ2v) is 3.20. The number of nitrogen functional groups attached to an aromatic ring is 1. The van der Waals surface area contributed by atoms with Gasteiger partial charge in [0.2, 0.25) is 0 Å². The molecule has 0 amide bonds. The summed E-state index contributed by atoms with van der Waals surface area (Å²) in [5.74, 6) is 0.446. The molecule has 1 aromatic heterocycles. The van der Waals surface area contributed by atoms with Crippen molar-refractivity contribution in [2.75, 3.05) is 5.73 Å². The highest BCUT2D eigenvalue weighted by Gasteiger charge is 1.98. The smallest absolute Gasteiger partial charge is 0.141 e. The molecule has 0 saturated carbocycles. The summed E-state index contributed by atoms with van der Waals surface area (Å²) in [6.07, 6.45) is 3.25. The largest absolute Gasteiger partial charge is 0.382 e. The van der Waals surface area contributed by atoms with Gasteiger partial charge in [0.1, 0.15) is 5.82 Å². The Bertz CT molecular complexity index is 435. The van der Waals surface area contributed by atoms with Gasteiger partial charge in [-0.2, -0.15) is 0 Å². The van der Waals surface area contributed by atoms with E-state index in [1.807, 2.05) is 25.1 Å². The summed E-state index contributed by atoms with van der Waals surface area (Å²) in [6.45, 7) is 2.05. The highest BCUT2D eigenvalue weighted by molar-refractivity contribution is 5.59. The van der Waals surface area contributed by atoms with Crippen LogP contribution in [-0.2, 0) is 0 Å². The van der Waals surface area contributed by atoms with E-state index >= 15 is 0 Å². The first-order chi connectivity index (χ1) is 6.75. The van der Waals surface area contributed by atoms with E-state index in [0.29, 0.717) is 5.82 Å². The van der Waals surface area contributed by atoms with Crippen molar-refractivity contribution in [3.8, 4) is 11.3 Å². The summed E-state index contributed by atoms with van der Waals surface area (Å²) < 4.78 is 0. The topological polar surface area (TPSA) is 51.8 Å². The van der Waals surface area contributed by atoms with Gasteiger partial charge in [-0.25, -0.2) is 4.98 Å². The van der Waals surface area contributed by atoms with Crippen LogP contribution in [0, 0.1) is 6.92 Å². The molecular weight excluding hydrogens is 174 g/mol. The molecule has 2 rings (SSSR count). The van der Waals surface area contributed by atoms with Gasteiger partial charge in [-0.3, -0.25) is 4.98 Å². The van der Waals surface area contributed by atoms with E-state index in [9.17, 15) is 0 Å². The summed E-state index contributed by atoms with van der Waals surface area (Å²) in [5.41, 5.74) is 8.59. The molecular formula is C11H11N3. The highest BCUT2D eigenvalue weighted by Crippen LogP contribution is 2.16. The SMILES string of the molecule is Cc1cccc(-c2cnc(N)cn2)c1. The van der Waals surface area contributed by atoms with Crippen molar-refractivity contribution in [2.24, 2.45) is 0 Å². The first-order valence-electron chi connectivity index (χ1n) is 4.40. The van der Waals surface area contributed by atoms with E-state index in [0.717, 1.165) is 11.3 Å². The van der Waals surface area contributed by atoms with E-state index in [1.165, 1.54) is 5.56 Å². The van der Waals surface area contributed by atoms with E-state index in [4.69, 9.17) is 5.73 Å². The third-order valence-electron chi connectivity index (χ3n) is 1.99. The molecule has 0 aliphatic carbocycles. The molecule has 3 heteroatoms. The molecule has 70 valence electrons. The molecule has 2 aromatic rings. The van der Waals surface area contributed by atoms with Crippen LogP contribution >= 0.6 is 0 Å². The van der Waals surface area contributed by atoms with Crippen LogP contribution in [0.15, 0.2) is 36.7 Å². The van der Waals surface area contributed by atoms with Gasteiger partial charge in [-0.15, -0.1) is 0 Å². The van der Waals surface area contributed by atoms with Gasteiger partial charge in [-0.05, 0) is 13.0 Å². The molecule has 1 heterocycles. The number of hydrogen-bond donors (Lipinski definition) is 1. The number of anilines is 1. The Morgan fingerprint density at radius 1 is 1.14 bits per heavy atom. The predicted octanol–water partition coefficient (Wildman–Crippen LogP) is 2.03. The van der Waals surface area contributed by atoms with Crippen molar-refractivity contribution in [1.29, 1.82) is 0 Å². The van der Waals surface area contributed by atoms with Crippen LogP contribution in [0.5, 0.6) is 0 Å². The normalized spacial score (nSPS) is 10.1. The fourth-order valence-corrected chi connectivity index (χ4v) is 1.29. The summed E-state index contributed by atoms with van der Waals surface area (Å²) in [4.78, 5) is 8.20. The molecule has 0 atom stereocenters. The number of nitrogens with zero attached hydrogens (tertiary/aromatic N) is 2. The van der Waals surface area contributed by atoms with Crippen LogP contribution in [0.3, 0.4) is 0 Å². The fraction of sp³-hybridized carbons (Fsp3) is 0.0909. The Balaban J connectivity index is 2.44. The molecule has 3 nitrogen and oxygen atoms in total. The second-order valence-electron chi connectivity index (χ2n) is 3.20. The highest BCUT2D eigenvalue weighted by atomic mass is 14.9. The van der Waals surface area contributed by atoms with Gasteiger partial charge in [-0.1, -0.05) is 23.8 Å². The standard InChI is InChI=1S/C11H11N3/c1-8-3-2-4-9(5-8)10-6-14-11(12)7-13-10/h2-7H,1H3,(H2,12,14). The van der Waals surface area contributed by atoms with Crippen molar-refractivity contribution in [3.05, 3.63) is 42.2 Å². The quantitative estimate of drug-likeness (QED) is 0.739. The van der Waals surface area contributed by atoms with Crippen LogP contribution in [0.4, 0.5) is 5.82 Å². The Hall–Kier alpha value is -1.90. The van der Waals surface area contributed by atoms with Crippen LogP contribution in [0.2, 0.25) is 0 Å².